The molecule has 1 fully saturated rings. The third-order valence-corrected chi connectivity index (χ3v) is 7.01. The Hall–Kier alpha value is -1.70. The van der Waals surface area contributed by atoms with E-state index in [-0.39, 0.29) is 0 Å². The first kappa shape index (κ1) is 23.0. The number of hydrogen-bond acceptors (Lipinski definition) is 2. The minimum absolute atomic E-state index is 0.854. The third kappa shape index (κ3) is 7.52. The van der Waals surface area contributed by atoms with Crippen molar-refractivity contribution in [2.45, 2.75) is 104 Å². The molecule has 1 saturated carbocycles. The summed E-state index contributed by atoms with van der Waals surface area (Å²) in [5, 5.41) is 0. The van der Waals surface area contributed by atoms with Crippen LogP contribution in [0.25, 0.3) is 11.4 Å². The summed E-state index contributed by atoms with van der Waals surface area (Å²) in [7, 11) is 0. The topological polar surface area (TPSA) is 25.8 Å². The molecule has 2 aromatic rings. The molecule has 1 heterocycles. The number of benzene rings is 1. The van der Waals surface area contributed by atoms with Crippen LogP contribution in [0.15, 0.2) is 36.7 Å². The van der Waals surface area contributed by atoms with Crippen LogP contribution in [0, 0.1) is 11.8 Å². The van der Waals surface area contributed by atoms with Crippen molar-refractivity contribution < 1.29 is 0 Å². The van der Waals surface area contributed by atoms with Crippen LogP contribution in [-0.2, 0) is 12.8 Å². The fraction of sp³-hybridized carbons (Fsp3) is 0.643. The molecule has 164 valence electrons. The van der Waals surface area contributed by atoms with E-state index >= 15 is 0 Å². The summed E-state index contributed by atoms with van der Waals surface area (Å²) in [6.07, 6.45) is 23.0. The van der Waals surface area contributed by atoms with Gasteiger partial charge in [-0.05, 0) is 48.6 Å². The van der Waals surface area contributed by atoms with E-state index in [9.17, 15) is 0 Å². The van der Waals surface area contributed by atoms with Crippen LogP contribution < -0.4 is 0 Å². The van der Waals surface area contributed by atoms with Gasteiger partial charge in [0.05, 0.1) is 0 Å². The van der Waals surface area contributed by atoms with Crippen LogP contribution in [-0.4, -0.2) is 9.97 Å². The summed E-state index contributed by atoms with van der Waals surface area (Å²) < 4.78 is 0. The molecule has 0 unspecified atom stereocenters. The van der Waals surface area contributed by atoms with Gasteiger partial charge in [0, 0.05) is 18.0 Å². The van der Waals surface area contributed by atoms with Crippen molar-refractivity contribution in [3.8, 4) is 11.4 Å². The zero-order valence-electron chi connectivity index (χ0n) is 19.4. The minimum atomic E-state index is 0.854. The summed E-state index contributed by atoms with van der Waals surface area (Å²) in [5.41, 5.74) is 3.85. The van der Waals surface area contributed by atoms with E-state index in [0.29, 0.717) is 0 Å². The van der Waals surface area contributed by atoms with Crippen molar-refractivity contribution in [3.05, 3.63) is 47.8 Å². The lowest BCUT2D eigenvalue weighted by Crippen LogP contribution is -2.15. The monoisotopic (exact) mass is 406 g/mol. The van der Waals surface area contributed by atoms with Gasteiger partial charge in [0.15, 0.2) is 5.82 Å². The molecule has 1 aromatic carbocycles. The van der Waals surface area contributed by atoms with Gasteiger partial charge in [-0.1, -0.05) is 102 Å². The highest BCUT2D eigenvalue weighted by Gasteiger charge is 2.20. The maximum absolute atomic E-state index is 4.66. The lowest BCUT2D eigenvalue weighted by atomic mass is 9.78. The molecule has 3 rings (SSSR count). The van der Waals surface area contributed by atoms with Crippen LogP contribution in [0.2, 0.25) is 0 Å². The molecule has 2 nitrogen and oxygen atoms in total. The predicted octanol–water partition coefficient (Wildman–Crippen LogP) is 8.20. The molecule has 0 N–H and O–H groups in total. The SMILES string of the molecule is CCCCCCc1ccc(-c2ncc(CCC3CCC(CCCC)CC3)cn2)cc1. The maximum Gasteiger partial charge on any atom is 0.159 e. The van der Waals surface area contributed by atoms with Gasteiger partial charge in [0.25, 0.3) is 0 Å². The molecule has 0 saturated heterocycles. The first-order valence-corrected chi connectivity index (χ1v) is 12.7. The highest BCUT2D eigenvalue weighted by molar-refractivity contribution is 5.55. The number of nitrogens with zero attached hydrogens (tertiary/aromatic N) is 2. The van der Waals surface area contributed by atoms with Crippen molar-refractivity contribution >= 4 is 0 Å². The number of aryl methyl sites for hydroxylation is 2. The summed E-state index contributed by atoms with van der Waals surface area (Å²) in [6, 6.07) is 8.85. The molecule has 0 aliphatic heterocycles. The molecule has 0 bridgehead atoms. The number of rotatable bonds is 12. The zero-order chi connectivity index (χ0) is 21.0. The molecule has 1 aliphatic rings. The molecule has 1 aliphatic carbocycles. The number of aromatic nitrogens is 2. The van der Waals surface area contributed by atoms with Gasteiger partial charge in [0.2, 0.25) is 0 Å². The van der Waals surface area contributed by atoms with E-state index in [0.717, 1.165) is 29.6 Å². The van der Waals surface area contributed by atoms with Crippen LogP contribution in [0.1, 0.15) is 102 Å². The first-order valence-electron chi connectivity index (χ1n) is 12.7. The zero-order valence-corrected chi connectivity index (χ0v) is 19.4. The second-order valence-electron chi connectivity index (χ2n) is 9.49. The van der Waals surface area contributed by atoms with E-state index in [1.165, 1.54) is 94.6 Å². The predicted molar refractivity (Wildman–Crippen MR) is 129 cm³/mol. The fourth-order valence-electron chi connectivity index (χ4n) is 4.88. The fourth-order valence-corrected chi connectivity index (χ4v) is 4.88. The molecule has 2 heteroatoms. The van der Waals surface area contributed by atoms with Crippen molar-refractivity contribution in [1.29, 1.82) is 0 Å². The van der Waals surface area contributed by atoms with Crippen molar-refractivity contribution in [3.63, 3.8) is 0 Å². The summed E-state index contributed by atoms with van der Waals surface area (Å²) in [6.45, 7) is 4.57. The lowest BCUT2D eigenvalue weighted by Gasteiger charge is -2.28. The highest BCUT2D eigenvalue weighted by atomic mass is 14.9. The molecule has 0 atom stereocenters. The Labute approximate surface area is 184 Å². The van der Waals surface area contributed by atoms with Gasteiger partial charge < -0.3 is 0 Å². The van der Waals surface area contributed by atoms with Gasteiger partial charge in [-0.3, -0.25) is 0 Å². The summed E-state index contributed by atoms with van der Waals surface area (Å²) >= 11 is 0. The lowest BCUT2D eigenvalue weighted by molar-refractivity contribution is 0.250. The molecule has 0 amide bonds. The smallest absolute Gasteiger partial charge is 0.159 e. The van der Waals surface area contributed by atoms with Crippen LogP contribution >= 0.6 is 0 Å². The first-order chi connectivity index (χ1) is 14.8. The quantitative estimate of drug-likeness (QED) is 0.332. The molecule has 0 radical (unpaired) electrons. The van der Waals surface area contributed by atoms with E-state index in [1.807, 2.05) is 12.4 Å². The number of hydrogen-bond donors (Lipinski definition) is 0. The molecule has 30 heavy (non-hydrogen) atoms. The molecular formula is C28H42N2. The van der Waals surface area contributed by atoms with Crippen LogP contribution in [0.5, 0.6) is 0 Å². The van der Waals surface area contributed by atoms with Gasteiger partial charge in [-0.2, -0.15) is 0 Å². The van der Waals surface area contributed by atoms with Gasteiger partial charge >= 0.3 is 0 Å². The molecule has 0 spiro atoms. The Morgan fingerprint density at radius 2 is 1.30 bits per heavy atom. The van der Waals surface area contributed by atoms with Crippen molar-refractivity contribution in [2.75, 3.05) is 0 Å². The highest BCUT2D eigenvalue weighted by Crippen LogP contribution is 2.34. The Kier molecular flexibility index (Phi) is 9.86. The van der Waals surface area contributed by atoms with Crippen LogP contribution in [0.4, 0.5) is 0 Å². The standard InChI is InChI=1S/C28H42N2/c1-3-5-7-8-10-24-17-19-27(20-18-24)28-29-21-26(22-30-28)16-15-25-13-11-23(12-14-25)9-6-4-2/h17-23,25H,3-16H2,1-2H3. The van der Waals surface area contributed by atoms with E-state index in [2.05, 4.69) is 48.1 Å². The Morgan fingerprint density at radius 3 is 1.93 bits per heavy atom. The minimum Gasteiger partial charge on any atom is -0.236 e. The Morgan fingerprint density at radius 1 is 0.667 bits per heavy atom. The molecule has 1 aromatic heterocycles. The van der Waals surface area contributed by atoms with E-state index in [1.54, 1.807) is 0 Å². The summed E-state index contributed by atoms with van der Waals surface area (Å²) in [5.74, 6) is 2.77. The van der Waals surface area contributed by atoms with Gasteiger partial charge in [-0.25, -0.2) is 9.97 Å². The van der Waals surface area contributed by atoms with Gasteiger partial charge in [0.1, 0.15) is 0 Å². The molecular weight excluding hydrogens is 364 g/mol. The number of unbranched alkanes of at least 4 members (excludes halogenated alkanes) is 4. The third-order valence-electron chi connectivity index (χ3n) is 7.01. The van der Waals surface area contributed by atoms with E-state index < -0.39 is 0 Å². The average molecular weight is 407 g/mol. The largest absolute Gasteiger partial charge is 0.236 e. The Balaban J connectivity index is 1.41. The Bertz CT molecular complexity index is 696. The summed E-state index contributed by atoms with van der Waals surface area (Å²) in [4.78, 5) is 9.33. The average Bonchev–Trinajstić information content (AvgIpc) is 2.81. The van der Waals surface area contributed by atoms with Gasteiger partial charge in [-0.15, -0.1) is 0 Å². The van der Waals surface area contributed by atoms with Crippen molar-refractivity contribution in [1.82, 2.24) is 9.97 Å². The maximum atomic E-state index is 4.66. The van der Waals surface area contributed by atoms with E-state index in [4.69, 9.17) is 0 Å². The second kappa shape index (κ2) is 12.9. The van der Waals surface area contributed by atoms with Crippen LogP contribution in [0.3, 0.4) is 0 Å². The van der Waals surface area contributed by atoms with Crippen molar-refractivity contribution in [2.24, 2.45) is 11.8 Å². The second-order valence-corrected chi connectivity index (χ2v) is 9.49. The normalized spacial score (nSPS) is 19.1.